The van der Waals surface area contributed by atoms with Gasteiger partial charge in [-0.25, -0.2) is 0 Å². The molecule has 144 valence electrons. The number of thioether (sulfide) groups is 1. The molecule has 1 atom stereocenters. The van der Waals surface area contributed by atoms with Crippen LogP contribution in [0.25, 0.3) is 11.4 Å². The molecule has 7 nitrogen and oxygen atoms in total. The summed E-state index contributed by atoms with van der Waals surface area (Å²) in [6, 6.07) is 16.8. The molecule has 2 amide bonds. The zero-order valence-electron chi connectivity index (χ0n) is 15.8. The van der Waals surface area contributed by atoms with Crippen LogP contribution in [0.3, 0.4) is 0 Å². The average Bonchev–Trinajstić information content (AvgIpc) is 3.04. The van der Waals surface area contributed by atoms with E-state index in [9.17, 15) is 9.59 Å². The van der Waals surface area contributed by atoms with E-state index in [1.165, 1.54) is 18.7 Å². The highest BCUT2D eigenvalue weighted by molar-refractivity contribution is 8.00. The molecule has 3 rings (SSSR count). The maximum Gasteiger partial charge on any atom is 0.237 e. The van der Waals surface area contributed by atoms with Gasteiger partial charge in [0.15, 0.2) is 11.0 Å². The Balaban J connectivity index is 1.63. The van der Waals surface area contributed by atoms with Crippen molar-refractivity contribution in [3.8, 4) is 11.4 Å². The first-order chi connectivity index (χ1) is 13.4. The van der Waals surface area contributed by atoms with Crippen LogP contribution in [-0.2, 0) is 16.6 Å². The summed E-state index contributed by atoms with van der Waals surface area (Å²) in [4.78, 5) is 23.6. The van der Waals surface area contributed by atoms with Crippen molar-refractivity contribution < 1.29 is 9.59 Å². The van der Waals surface area contributed by atoms with Crippen LogP contribution in [0.15, 0.2) is 59.8 Å². The fourth-order valence-corrected chi connectivity index (χ4v) is 3.37. The number of carbonyl (C=O) groups is 2. The number of aromatic nitrogens is 3. The van der Waals surface area contributed by atoms with E-state index in [-0.39, 0.29) is 17.1 Å². The zero-order chi connectivity index (χ0) is 20.1. The van der Waals surface area contributed by atoms with Crippen LogP contribution in [0.4, 0.5) is 11.4 Å². The molecule has 0 spiro atoms. The van der Waals surface area contributed by atoms with E-state index in [0.717, 1.165) is 11.4 Å². The molecule has 0 saturated heterocycles. The zero-order valence-corrected chi connectivity index (χ0v) is 16.7. The first-order valence-corrected chi connectivity index (χ1v) is 9.62. The van der Waals surface area contributed by atoms with E-state index in [4.69, 9.17) is 0 Å². The van der Waals surface area contributed by atoms with Crippen molar-refractivity contribution in [3.05, 3.63) is 54.6 Å². The van der Waals surface area contributed by atoms with Crippen LogP contribution in [0, 0.1) is 0 Å². The van der Waals surface area contributed by atoms with Gasteiger partial charge in [-0.15, -0.1) is 10.2 Å². The molecule has 0 bridgehead atoms. The van der Waals surface area contributed by atoms with Crippen molar-refractivity contribution in [2.24, 2.45) is 7.05 Å². The number of benzene rings is 2. The average molecular weight is 395 g/mol. The van der Waals surface area contributed by atoms with Gasteiger partial charge < -0.3 is 15.2 Å². The number of nitrogens with one attached hydrogen (secondary N) is 2. The maximum atomic E-state index is 12.5. The molecular formula is C20H21N5O2S. The molecule has 0 fully saturated rings. The van der Waals surface area contributed by atoms with Crippen molar-refractivity contribution >= 4 is 35.0 Å². The first-order valence-electron chi connectivity index (χ1n) is 8.74. The summed E-state index contributed by atoms with van der Waals surface area (Å²) in [7, 11) is 1.88. The van der Waals surface area contributed by atoms with Gasteiger partial charge in [-0.2, -0.15) is 0 Å². The van der Waals surface area contributed by atoms with E-state index in [1.54, 1.807) is 24.3 Å². The predicted octanol–water partition coefficient (Wildman–Crippen LogP) is 3.56. The van der Waals surface area contributed by atoms with Gasteiger partial charge in [0.05, 0.1) is 5.25 Å². The molecule has 0 unspecified atom stereocenters. The quantitative estimate of drug-likeness (QED) is 0.623. The standard InChI is InChI=1S/C20H21N5O2S/c1-13(19(27)22-17-11-9-16(10-12-17)21-14(2)26)28-20-24-23-18(25(20)3)15-7-5-4-6-8-15/h4-13H,1-3H3,(H,21,26)(H,22,27)/t13-/m0/s1. The van der Waals surface area contributed by atoms with E-state index in [0.29, 0.717) is 16.5 Å². The topological polar surface area (TPSA) is 88.9 Å². The number of hydrogen-bond donors (Lipinski definition) is 2. The number of hydrogen-bond acceptors (Lipinski definition) is 5. The molecule has 28 heavy (non-hydrogen) atoms. The van der Waals surface area contributed by atoms with E-state index < -0.39 is 0 Å². The lowest BCUT2D eigenvalue weighted by Crippen LogP contribution is -2.22. The lowest BCUT2D eigenvalue weighted by molar-refractivity contribution is -0.115. The molecule has 1 heterocycles. The SMILES string of the molecule is CC(=O)Nc1ccc(NC(=O)[C@H](C)Sc2nnc(-c3ccccc3)n2C)cc1. The maximum absolute atomic E-state index is 12.5. The Bertz CT molecular complexity index is 970. The number of nitrogens with zero attached hydrogens (tertiary/aromatic N) is 3. The lowest BCUT2D eigenvalue weighted by Gasteiger charge is -2.12. The van der Waals surface area contributed by atoms with E-state index in [2.05, 4.69) is 20.8 Å². The molecule has 0 radical (unpaired) electrons. The smallest absolute Gasteiger partial charge is 0.237 e. The Morgan fingerprint density at radius 2 is 1.57 bits per heavy atom. The molecule has 2 aromatic carbocycles. The van der Waals surface area contributed by atoms with Gasteiger partial charge in [-0.05, 0) is 31.2 Å². The van der Waals surface area contributed by atoms with Gasteiger partial charge in [-0.1, -0.05) is 42.1 Å². The highest BCUT2D eigenvalue weighted by atomic mass is 32.2. The van der Waals surface area contributed by atoms with Gasteiger partial charge >= 0.3 is 0 Å². The first kappa shape index (κ1) is 19.6. The van der Waals surface area contributed by atoms with Crippen molar-refractivity contribution in [2.45, 2.75) is 24.3 Å². The molecular weight excluding hydrogens is 374 g/mol. The Hall–Kier alpha value is -3.13. The van der Waals surface area contributed by atoms with Gasteiger partial charge in [0.25, 0.3) is 0 Å². The van der Waals surface area contributed by atoms with Crippen molar-refractivity contribution in [1.29, 1.82) is 0 Å². The van der Waals surface area contributed by atoms with Crippen LogP contribution in [0.2, 0.25) is 0 Å². The van der Waals surface area contributed by atoms with E-state index >= 15 is 0 Å². The van der Waals surface area contributed by atoms with Crippen LogP contribution in [0.5, 0.6) is 0 Å². The summed E-state index contributed by atoms with van der Waals surface area (Å²) in [5.41, 5.74) is 2.32. The Morgan fingerprint density at radius 3 is 2.18 bits per heavy atom. The minimum atomic E-state index is -0.360. The Kier molecular flexibility index (Phi) is 6.10. The van der Waals surface area contributed by atoms with E-state index in [1.807, 2.05) is 48.9 Å². The minimum Gasteiger partial charge on any atom is -0.326 e. The predicted molar refractivity (Wildman–Crippen MR) is 111 cm³/mol. The summed E-state index contributed by atoms with van der Waals surface area (Å²) in [6.07, 6.45) is 0. The van der Waals surface area contributed by atoms with Crippen molar-refractivity contribution in [1.82, 2.24) is 14.8 Å². The van der Waals surface area contributed by atoms with Crippen LogP contribution < -0.4 is 10.6 Å². The third kappa shape index (κ3) is 4.77. The second-order valence-electron chi connectivity index (χ2n) is 6.24. The highest BCUT2D eigenvalue weighted by Crippen LogP contribution is 2.26. The highest BCUT2D eigenvalue weighted by Gasteiger charge is 2.19. The van der Waals surface area contributed by atoms with Gasteiger partial charge in [0.2, 0.25) is 11.8 Å². The monoisotopic (exact) mass is 395 g/mol. The second kappa shape index (κ2) is 8.71. The van der Waals surface area contributed by atoms with Crippen molar-refractivity contribution in [2.75, 3.05) is 10.6 Å². The molecule has 2 N–H and O–H groups in total. The molecule has 1 aromatic heterocycles. The van der Waals surface area contributed by atoms with Crippen molar-refractivity contribution in [3.63, 3.8) is 0 Å². The summed E-state index contributed by atoms with van der Waals surface area (Å²) < 4.78 is 1.88. The lowest BCUT2D eigenvalue weighted by atomic mass is 10.2. The largest absolute Gasteiger partial charge is 0.326 e. The summed E-state index contributed by atoms with van der Waals surface area (Å²) in [5.74, 6) is 0.478. The molecule has 8 heteroatoms. The normalized spacial score (nSPS) is 11.7. The Labute approximate surface area is 167 Å². The minimum absolute atomic E-state index is 0.137. The second-order valence-corrected chi connectivity index (χ2v) is 7.55. The Morgan fingerprint density at radius 1 is 0.964 bits per heavy atom. The molecule has 0 aliphatic carbocycles. The summed E-state index contributed by atoms with van der Waals surface area (Å²) in [5, 5.41) is 14.3. The molecule has 0 saturated carbocycles. The van der Waals surface area contributed by atoms with Gasteiger partial charge in [0.1, 0.15) is 0 Å². The number of carbonyl (C=O) groups excluding carboxylic acids is 2. The van der Waals surface area contributed by atoms with Crippen LogP contribution in [0.1, 0.15) is 13.8 Å². The van der Waals surface area contributed by atoms with Gasteiger partial charge in [0, 0.05) is 30.9 Å². The fraction of sp³-hybridized carbons (Fsp3) is 0.200. The molecule has 0 aliphatic heterocycles. The summed E-state index contributed by atoms with van der Waals surface area (Å²) in [6.45, 7) is 3.27. The fourth-order valence-electron chi connectivity index (χ4n) is 2.55. The molecule has 3 aromatic rings. The number of rotatable bonds is 6. The number of anilines is 2. The number of amides is 2. The molecule has 0 aliphatic rings. The third-order valence-corrected chi connectivity index (χ3v) is 5.13. The summed E-state index contributed by atoms with van der Waals surface area (Å²) >= 11 is 1.34. The van der Waals surface area contributed by atoms with Crippen LogP contribution >= 0.6 is 11.8 Å². The van der Waals surface area contributed by atoms with Gasteiger partial charge in [-0.3, -0.25) is 9.59 Å². The third-order valence-electron chi connectivity index (χ3n) is 3.99. The van der Waals surface area contributed by atoms with Crippen LogP contribution in [-0.4, -0.2) is 31.8 Å².